The summed E-state index contributed by atoms with van der Waals surface area (Å²) in [7, 11) is 0. The molecular weight excluding hydrogens is 219 g/mol. The molecule has 0 aliphatic carbocycles. The van der Waals surface area contributed by atoms with Gasteiger partial charge in [-0.2, -0.15) is 0 Å². The Kier molecular flexibility index (Phi) is 4.09. The van der Waals surface area contributed by atoms with E-state index in [1.165, 1.54) is 12.1 Å². The van der Waals surface area contributed by atoms with Gasteiger partial charge in [0, 0.05) is 5.56 Å². The third-order valence-electron chi connectivity index (χ3n) is 1.73. The summed E-state index contributed by atoms with van der Waals surface area (Å²) in [5, 5.41) is -0.677. The van der Waals surface area contributed by atoms with Crippen molar-refractivity contribution in [2.75, 3.05) is 6.61 Å². The molecule has 0 spiro atoms. The van der Waals surface area contributed by atoms with E-state index in [9.17, 15) is 9.18 Å². The Hall–Kier alpha value is -1.09. The van der Waals surface area contributed by atoms with Gasteiger partial charge in [-0.15, -0.1) is 0 Å². The Bertz CT molecular complexity index is 364. The number of rotatable bonds is 4. The first-order valence-corrected chi connectivity index (χ1v) is 5.00. The highest BCUT2D eigenvalue weighted by atomic mass is 35.5. The third-order valence-corrected chi connectivity index (χ3v) is 1.95. The second-order valence-corrected chi connectivity index (χ2v) is 3.97. The van der Waals surface area contributed by atoms with Gasteiger partial charge >= 0.3 is 0 Å². The summed E-state index contributed by atoms with van der Waals surface area (Å²) in [6.07, 6.45) is 0. The molecule has 1 aromatic carbocycles. The van der Waals surface area contributed by atoms with Gasteiger partial charge in [0.15, 0.2) is 11.6 Å². The Morgan fingerprint density at radius 1 is 1.53 bits per heavy atom. The van der Waals surface area contributed by atoms with E-state index >= 15 is 0 Å². The van der Waals surface area contributed by atoms with Crippen molar-refractivity contribution in [3.8, 4) is 5.75 Å². The molecule has 2 nitrogen and oxygen atoms in total. The number of halogens is 2. The van der Waals surface area contributed by atoms with Crippen molar-refractivity contribution in [3.63, 3.8) is 0 Å². The van der Waals surface area contributed by atoms with Gasteiger partial charge in [-0.05, 0) is 35.7 Å². The van der Waals surface area contributed by atoms with Crippen LogP contribution in [0.3, 0.4) is 0 Å². The Labute approximate surface area is 93.0 Å². The minimum atomic E-state index is -0.677. The summed E-state index contributed by atoms with van der Waals surface area (Å²) >= 11 is 5.21. The standard InChI is InChI=1S/C11H12ClFO2/c1-7(2)6-15-10-4-3-8(11(12)14)5-9(10)13/h3-5,7H,6H2,1-2H3. The van der Waals surface area contributed by atoms with E-state index in [4.69, 9.17) is 16.3 Å². The molecule has 0 aliphatic rings. The van der Waals surface area contributed by atoms with Crippen molar-refractivity contribution in [1.82, 2.24) is 0 Å². The first kappa shape index (κ1) is 12.0. The second-order valence-electron chi connectivity index (χ2n) is 3.62. The predicted molar refractivity (Wildman–Crippen MR) is 56.9 cm³/mol. The van der Waals surface area contributed by atoms with Crippen LogP contribution in [-0.2, 0) is 0 Å². The topological polar surface area (TPSA) is 26.3 Å². The van der Waals surface area contributed by atoms with Gasteiger partial charge in [0.25, 0.3) is 5.24 Å². The van der Waals surface area contributed by atoms with Crippen molar-refractivity contribution in [3.05, 3.63) is 29.6 Å². The van der Waals surface area contributed by atoms with Crippen LogP contribution in [-0.4, -0.2) is 11.8 Å². The average molecular weight is 231 g/mol. The minimum Gasteiger partial charge on any atom is -0.490 e. The number of hydrogen-bond donors (Lipinski definition) is 0. The summed E-state index contributed by atoms with van der Waals surface area (Å²) in [4.78, 5) is 10.7. The molecule has 4 heteroatoms. The smallest absolute Gasteiger partial charge is 0.252 e. The van der Waals surface area contributed by atoms with Gasteiger partial charge in [0.1, 0.15) is 0 Å². The monoisotopic (exact) mass is 230 g/mol. The molecule has 1 rings (SSSR count). The van der Waals surface area contributed by atoms with Crippen LogP contribution in [0.5, 0.6) is 5.75 Å². The summed E-state index contributed by atoms with van der Waals surface area (Å²) in [6, 6.07) is 3.92. The largest absolute Gasteiger partial charge is 0.490 e. The van der Waals surface area contributed by atoms with Gasteiger partial charge < -0.3 is 4.74 Å². The van der Waals surface area contributed by atoms with Crippen LogP contribution in [0.4, 0.5) is 4.39 Å². The van der Waals surface area contributed by atoms with Crippen molar-refractivity contribution in [1.29, 1.82) is 0 Å². The summed E-state index contributed by atoms with van der Waals surface area (Å²) in [5.74, 6) is -0.105. The van der Waals surface area contributed by atoms with Crippen LogP contribution in [0.2, 0.25) is 0 Å². The van der Waals surface area contributed by atoms with E-state index < -0.39 is 11.1 Å². The molecule has 0 amide bonds. The molecule has 0 saturated heterocycles. The molecular formula is C11H12ClFO2. The molecule has 0 unspecified atom stereocenters. The average Bonchev–Trinajstić information content (AvgIpc) is 2.15. The summed E-state index contributed by atoms with van der Waals surface area (Å²) < 4.78 is 18.5. The van der Waals surface area contributed by atoms with Gasteiger partial charge in [-0.1, -0.05) is 13.8 Å². The minimum absolute atomic E-state index is 0.131. The van der Waals surface area contributed by atoms with E-state index in [0.717, 1.165) is 6.07 Å². The Morgan fingerprint density at radius 2 is 2.20 bits per heavy atom. The number of hydrogen-bond acceptors (Lipinski definition) is 2. The van der Waals surface area contributed by atoms with Gasteiger partial charge in [-0.3, -0.25) is 4.79 Å². The molecule has 0 atom stereocenters. The van der Waals surface area contributed by atoms with Gasteiger partial charge in [0.05, 0.1) is 6.61 Å². The van der Waals surface area contributed by atoms with Crippen molar-refractivity contribution >= 4 is 16.8 Å². The molecule has 1 aromatic rings. The molecule has 0 saturated carbocycles. The van der Waals surface area contributed by atoms with Crippen molar-refractivity contribution < 1.29 is 13.9 Å². The zero-order valence-corrected chi connectivity index (χ0v) is 9.34. The van der Waals surface area contributed by atoms with Crippen LogP contribution >= 0.6 is 11.6 Å². The zero-order chi connectivity index (χ0) is 11.4. The first-order chi connectivity index (χ1) is 7.00. The number of benzene rings is 1. The second kappa shape index (κ2) is 5.12. The van der Waals surface area contributed by atoms with Crippen molar-refractivity contribution in [2.45, 2.75) is 13.8 Å². The molecule has 0 fully saturated rings. The fraction of sp³-hybridized carbons (Fsp3) is 0.364. The molecule has 0 heterocycles. The van der Waals surface area contributed by atoms with Crippen LogP contribution in [0.15, 0.2) is 18.2 Å². The number of carbonyl (C=O) groups is 1. The molecule has 0 bridgehead atoms. The molecule has 0 N–H and O–H groups in total. The lowest BCUT2D eigenvalue weighted by molar-refractivity contribution is 0.108. The molecule has 0 aromatic heterocycles. The maximum atomic E-state index is 13.3. The van der Waals surface area contributed by atoms with Crippen molar-refractivity contribution in [2.24, 2.45) is 5.92 Å². The summed E-state index contributed by atoms with van der Waals surface area (Å²) in [6.45, 7) is 4.37. The van der Waals surface area contributed by atoms with E-state index in [2.05, 4.69) is 0 Å². The van der Waals surface area contributed by atoms with Gasteiger partial charge in [-0.25, -0.2) is 4.39 Å². The van der Waals surface area contributed by atoms with Crippen LogP contribution in [0.1, 0.15) is 24.2 Å². The highest BCUT2D eigenvalue weighted by Gasteiger charge is 2.08. The van der Waals surface area contributed by atoms with E-state index in [-0.39, 0.29) is 11.3 Å². The lowest BCUT2D eigenvalue weighted by Crippen LogP contribution is -2.06. The molecule has 82 valence electrons. The maximum absolute atomic E-state index is 13.3. The van der Waals surface area contributed by atoms with Crippen LogP contribution < -0.4 is 4.74 Å². The highest BCUT2D eigenvalue weighted by Crippen LogP contribution is 2.19. The lowest BCUT2D eigenvalue weighted by Gasteiger charge is -2.09. The molecule has 15 heavy (non-hydrogen) atoms. The fourth-order valence-electron chi connectivity index (χ4n) is 0.997. The van der Waals surface area contributed by atoms with E-state index in [1.54, 1.807) is 0 Å². The number of carbonyl (C=O) groups excluding carboxylic acids is 1. The van der Waals surface area contributed by atoms with Crippen LogP contribution in [0.25, 0.3) is 0 Å². The van der Waals surface area contributed by atoms with E-state index in [0.29, 0.717) is 12.5 Å². The third kappa shape index (κ3) is 3.51. The highest BCUT2D eigenvalue weighted by molar-refractivity contribution is 6.67. The Morgan fingerprint density at radius 3 is 2.67 bits per heavy atom. The maximum Gasteiger partial charge on any atom is 0.252 e. The lowest BCUT2D eigenvalue weighted by atomic mass is 10.2. The predicted octanol–water partition coefficient (Wildman–Crippen LogP) is 3.24. The zero-order valence-electron chi connectivity index (χ0n) is 8.59. The first-order valence-electron chi connectivity index (χ1n) is 4.63. The normalized spacial score (nSPS) is 10.5. The number of ether oxygens (including phenoxy) is 1. The summed E-state index contributed by atoms with van der Waals surface area (Å²) in [5.41, 5.74) is 0.131. The fourth-order valence-corrected chi connectivity index (χ4v) is 1.11. The molecule has 0 aliphatic heterocycles. The quantitative estimate of drug-likeness (QED) is 0.743. The van der Waals surface area contributed by atoms with Gasteiger partial charge in [0.2, 0.25) is 0 Å². The SMILES string of the molecule is CC(C)COc1ccc(C(=O)Cl)cc1F. The Balaban J connectivity index is 2.79. The van der Waals surface area contributed by atoms with E-state index in [1.807, 2.05) is 13.8 Å². The van der Waals surface area contributed by atoms with Crippen LogP contribution in [0, 0.1) is 11.7 Å². The molecule has 0 radical (unpaired) electrons.